The van der Waals surface area contributed by atoms with E-state index in [0.717, 1.165) is 0 Å². The Morgan fingerprint density at radius 2 is 1.00 bits per heavy atom. The average molecular weight is 400 g/mol. The molecule has 0 atom stereocenters. The van der Waals surface area contributed by atoms with Crippen LogP contribution in [-0.4, -0.2) is 10.7 Å². The number of hydrogen-bond donors (Lipinski definition) is 1. The standard InChI is InChI=1S/C4H10O.4ClH.W/c1-4(2,3)5;;;;;/h5H,1-3H3;4*1H;/q;;;;;+4/p-4. The molecule has 0 aromatic rings. The van der Waals surface area contributed by atoms with Gasteiger partial charge in [0.1, 0.15) is 0 Å². The zero-order chi connectivity index (χ0) is 9.00. The van der Waals surface area contributed by atoms with Crippen LogP contribution in [0.4, 0.5) is 0 Å². The molecule has 0 unspecified atom stereocenters. The van der Waals surface area contributed by atoms with Crippen molar-refractivity contribution in [2.24, 2.45) is 0 Å². The Kier molecular flexibility index (Phi) is 7.82. The van der Waals surface area contributed by atoms with Crippen LogP contribution in [0.5, 0.6) is 0 Å². The van der Waals surface area contributed by atoms with Crippen LogP contribution in [0.25, 0.3) is 0 Å². The maximum absolute atomic E-state index is 8.52. The summed E-state index contributed by atoms with van der Waals surface area (Å²) >= 11 is -3.28. The minimum absolute atomic E-state index is 0.500. The van der Waals surface area contributed by atoms with Gasteiger partial charge in [-0.05, 0) is 20.8 Å². The van der Waals surface area contributed by atoms with Gasteiger partial charge in [-0.15, -0.1) is 0 Å². The molecule has 66 valence electrons. The summed E-state index contributed by atoms with van der Waals surface area (Å²) in [5.74, 6) is 0. The summed E-state index contributed by atoms with van der Waals surface area (Å²) in [5, 5.41) is 8.52. The van der Waals surface area contributed by atoms with Crippen molar-refractivity contribution in [3.8, 4) is 0 Å². The first-order valence-corrected chi connectivity index (χ1v) is 16.9. The van der Waals surface area contributed by atoms with Gasteiger partial charge in [-0.25, -0.2) is 0 Å². The molecule has 0 fully saturated rings. The zero-order valence-electron chi connectivity index (χ0n) is 5.87. The Hall–Kier alpha value is 1.81. The third kappa shape index (κ3) is 233. The molecule has 0 saturated carbocycles. The number of hydrogen-bond acceptors (Lipinski definition) is 1. The Labute approximate surface area is 80.5 Å². The van der Waals surface area contributed by atoms with Crippen LogP contribution >= 0.6 is 37.7 Å². The molecule has 0 aromatic carbocycles. The molecule has 0 aliphatic rings. The molecule has 0 heterocycles. The second-order valence-corrected chi connectivity index (χ2v) is 27.9. The third-order valence-corrected chi connectivity index (χ3v) is 0. The van der Waals surface area contributed by atoms with Crippen molar-refractivity contribution in [3.05, 3.63) is 0 Å². The molecule has 1 N–H and O–H groups in total. The molecular formula is C4H10Cl4OW. The maximum atomic E-state index is 8.52. The number of rotatable bonds is 0. The van der Waals surface area contributed by atoms with Gasteiger partial charge in [-0.3, -0.25) is 0 Å². The van der Waals surface area contributed by atoms with E-state index in [-0.39, 0.29) is 0 Å². The summed E-state index contributed by atoms with van der Waals surface area (Å²) in [6.07, 6.45) is 0. The first kappa shape index (κ1) is 14.3. The fourth-order valence-corrected chi connectivity index (χ4v) is 0. The molecular weight excluding hydrogens is 390 g/mol. The predicted molar refractivity (Wildman–Crippen MR) is 45.4 cm³/mol. The van der Waals surface area contributed by atoms with Crippen molar-refractivity contribution >= 4 is 37.7 Å². The summed E-state index contributed by atoms with van der Waals surface area (Å²) in [5.41, 5.74) is -0.500. The van der Waals surface area contributed by atoms with E-state index in [4.69, 9.17) is 42.8 Å². The van der Waals surface area contributed by atoms with Gasteiger partial charge < -0.3 is 5.11 Å². The number of halogens is 4. The first-order chi connectivity index (χ1) is 4.00. The predicted octanol–water partition coefficient (Wildman–Crippen LogP) is 3.53. The zero-order valence-corrected chi connectivity index (χ0v) is 11.8. The van der Waals surface area contributed by atoms with Gasteiger partial charge in [0, 0.05) is 0 Å². The van der Waals surface area contributed by atoms with Crippen molar-refractivity contribution in [2.75, 3.05) is 0 Å². The molecule has 1 nitrogen and oxygen atoms in total. The van der Waals surface area contributed by atoms with E-state index in [1.165, 1.54) is 0 Å². The van der Waals surface area contributed by atoms with Crippen LogP contribution in [-0.2, 0) is 11.9 Å². The van der Waals surface area contributed by atoms with E-state index >= 15 is 0 Å². The molecule has 0 radical (unpaired) electrons. The van der Waals surface area contributed by atoms with Gasteiger partial charge in [-0.2, -0.15) is 0 Å². The molecule has 6 heteroatoms. The molecule has 10 heavy (non-hydrogen) atoms. The van der Waals surface area contributed by atoms with E-state index < -0.39 is 17.5 Å². The van der Waals surface area contributed by atoms with Gasteiger partial charge >= 0.3 is 49.6 Å². The van der Waals surface area contributed by atoms with E-state index in [1.807, 2.05) is 0 Å². The van der Waals surface area contributed by atoms with Crippen LogP contribution in [0.15, 0.2) is 0 Å². The van der Waals surface area contributed by atoms with Gasteiger partial charge in [0.2, 0.25) is 0 Å². The van der Waals surface area contributed by atoms with Crippen molar-refractivity contribution < 1.29 is 17.0 Å². The molecule has 0 aliphatic carbocycles. The van der Waals surface area contributed by atoms with Gasteiger partial charge in [0.05, 0.1) is 5.60 Å². The normalized spacial score (nSPS) is 13.6. The quantitative estimate of drug-likeness (QED) is 0.660. The summed E-state index contributed by atoms with van der Waals surface area (Å²) < 4.78 is 0. The Morgan fingerprint density at radius 1 is 1.00 bits per heavy atom. The van der Waals surface area contributed by atoms with Crippen LogP contribution in [0.3, 0.4) is 0 Å². The first-order valence-electron chi connectivity index (χ1n) is 2.34. The average Bonchev–Trinajstić information content (AvgIpc) is 1.12. The molecule has 0 amide bonds. The van der Waals surface area contributed by atoms with E-state index in [0.29, 0.717) is 0 Å². The monoisotopic (exact) mass is 398 g/mol. The van der Waals surface area contributed by atoms with Gasteiger partial charge in [0.15, 0.2) is 0 Å². The SMILES string of the molecule is CC(C)(C)O.[Cl][W]([Cl])([Cl])[Cl]. The summed E-state index contributed by atoms with van der Waals surface area (Å²) in [7, 11) is 20.1. The van der Waals surface area contributed by atoms with Gasteiger partial charge in [-0.1, -0.05) is 0 Å². The second-order valence-electron chi connectivity index (χ2n) is 2.52. The minimum atomic E-state index is -3.28. The van der Waals surface area contributed by atoms with Crippen molar-refractivity contribution in [1.82, 2.24) is 0 Å². The van der Waals surface area contributed by atoms with E-state index in [9.17, 15) is 0 Å². The molecule has 0 spiro atoms. The molecule has 0 saturated heterocycles. The van der Waals surface area contributed by atoms with Gasteiger partial charge in [0.25, 0.3) is 0 Å². The summed E-state index contributed by atoms with van der Waals surface area (Å²) in [4.78, 5) is 0. The van der Waals surface area contributed by atoms with Crippen molar-refractivity contribution in [3.63, 3.8) is 0 Å². The fraction of sp³-hybridized carbons (Fsp3) is 1.00. The van der Waals surface area contributed by atoms with Crippen LogP contribution in [0, 0.1) is 0 Å². The fourth-order valence-electron chi connectivity index (χ4n) is 0. The Morgan fingerprint density at radius 3 is 1.00 bits per heavy atom. The Bertz CT molecular complexity index is 60.2. The summed E-state index contributed by atoms with van der Waals surface area (Å²) in [6, 6.07) is 0. The molecule has 0 bridgehead atoms. The molecule has 0 rings (SSSR count). The van der Waals surface area contributed by atoms with Crippen molar-refractivity contribution in [1.29, 1.82) is 0 Å². The van der Waals surface area contributed by atoms with E-state index in [1.54, 1.807) is 20.8 Å². The number of aliphatic hydroxyl groups is 1. The third-order valence-electron chi connectivity index (χ3n) is 0. The Balaban J connectivity index is 0. The second kappa shape index (κ2) is 5.45. The van der Waals surface area contributed by atoms with Crippen LogP contribution in [0.2, 0.25) is 0 Å². The summed E-state index contributed by atoms with van der Waals surface area (Å²) in [6.45, 7) is 5.23. The van der Waals surface area contributed by atoms with Crippen LogP contribution in [0.1, 0.15) is 20.8 Å². The topological polar surface area (TPSA) is 20.2 Å². The van der Waals surface area contributed by atoms with Crippen molar-refractivity contribution in [2.45, 2.75) is 26.4 Å². The molecule has 0 aromatic heterocycles. The molecule has 0 aliphatic heterocycles. The van der Waals surface area contributed by atoms with E-state index in [2.05, 4.69) is 0 Å². The van der Waals surface area contributed by atoms with Crippen LogP contribution < -0.4 is 0 Å².